The average Bonchev–Trinajstić information content (AvgIpc) is 2.27. The maximum atomic E-state index is 13.0. The van der Waals surface area contributed by atoms with E-state index in [0.29, 0.717) is 12.1 Å². The molecule has 1 aromatic rings. The molecular formula is C10H10ClF4NO2S. The Morgan fingerprint density at radius 3 is 2.42 bits per heavy atom. The van der Waals surface area contributed by atoms with Crippen LogP contribution in [0.25, 0.3) is 0 Å². The van der Waals surface area contributed by atoms with Crippen LogP contribution >= 0.6 is 11.6 Å². The summed E-state index contributed by atoms with van der Waals surface area (Å²) < 4.78 is 75.1. The number of sulfonamides is 1. The highest BCUT2D eigenvalue weighted by Gasteiger charge is 2.34. The molecule has 9 heteroatoms. The largest absolute Gasteiger partial charge is 0.419 e. The quantitative estimate of drug-likeness (QED) is 0.669. The lowest BCUT2D eigenvalue weighted by atomic mass is 10.2. The molecular weight excluding hydrogens is 310 g/mol. The van der Waals surface area contributed by atoms with Crippen molar-refractivity contribution in [3.8, 4) is 0 Å². The Balaban J connectivity index is 2.98. The predicted octanol–water partition coefficient (Wildman–Crippen LogP) is 3.22. The van der Waals surface area contributed by atoms with Crippen LogP contribution in [-0.2, 0) is 16.2 Å². The minimum atomic E-state index is -4.89. The molecule has 0 atom stereocenters. The van der Waals surface area contributed by atoms with Gasteiger partial charge in [0.05, 0.1) is 11.3 Å². The second-order valence-corrected chi connectivity index (χ2v) is 5.88. The molecule has 19 heavy (non-hydrogen) atoms. The highest BCUT2D eigenvalue weighted by Crippen LogP contribution is 2.33. The topological polar surface area (TPSA) is 46.2 Å². The van der Waals surface area contributed by atoms with Crippen LogP contribution in [0.4, 0.5) is 23.2 Å². The maximum absolute atomic E-state index is 13.0. The van der Waals surface area contributed by atoms with Crippen LogP contribution in [0.5, 0.6) is 0 Å². The Morgan fingerprint density at radius 2 is 1.89 bits per heavy atom. The molecule has 0 fully saturated rings. The molecule has 0 heterocycles. The molecule has 0 aliphatic rings. The smallest absolute Gasteiger partial charge is 0.284 e. The van der Waals surface area contributed by atoms with E-state index in [9.17, 15) is 26.0 Å². The van der Waals surface area contributed by atoms with E-state index in [4.69, 9.17) is 11.6 Å². The molecule has 0 bridgehead atoms. The minimum Gasteiger partial charge on any atom is -0.284 e. The van der Waals surface area contributed by atoms with Gasteiger partial charge in [-0.25, -0.2) is 12.8 Å². The first-order chi connectivity index (χ1) is 8.65. The molecule has 1 N–H and O–H groups in total. The fourth-order valence-corrected chi connectivity index (χ4v) is 2.69. The van der Waals surface area contributed by atoms with E-state index < -0.39 is 27.6 Å². The number of alkyl halides is 4. The summed E-state index contributed by atoms with van der Waals surface area (Å²) in [5.74, 6) is -1.68. The van der Waals surface area contributed by atoms with Gasteiger partial charge in [0.2, 0.25) is 10.0 Å². The van der Waals surface area contributed by atoms with Gasteiger partial charge in [-0.2, -0.15) is 13.2 Å². The Morgan fingerprint density at radius 1 is 1.26 bits per heavy atom. The molecule has 0 saturated heterocycles. The van der Waals surface area contributed by atoms with Gasteiger partial charge in [-0.3, -0.25) is 4.72 Å². The third-order valence-corrected chi connectivity index (χ3v) is 3.73. The van der Waals surface area contributed by atoms with Crippen molar-refractivity contribution in [2.45, 2.75) is 12.6 Å². The van der Waals surface area contributed by atoms with E-state index in [1.165, 1.54) is 0 Å². The molecule has 1 rings (SSSR count). The third kappa shape index (κ3) is 4.87. The van der Waals surface area contributed by atoms with Crippen molar-refractivity contribution in [2.75, 3.05) is 16.4 Å². The van der Waals surface area contributed by atoms with Gasteiger partial charge >= 0.3 is 6.18 Å². The molecule has 108 valence electrons. The fourth-order valence-electron chi connectivity index (χ4n) is 1.28. The van der Waals surface area contributed by atoms with E-state index in [1.54, 1.807) is 0 Å². The monoisotopic (exact) mass is 319 g/mol. The Bertz CT molecular complexity index is 545. The van der Waals surface area contributed by atoms with E-state index >= 15 is 0 Å². The van der Waals surface area contributed by atoms with E-state index in [-0.39, 0.29) is 23.7 Å². The summed E-state index contributed by atoms with van der Waals surface area (Å²) in [5.41, 5.74) is -1.87. The molecule has 0 unspecified atom stereocenters. The minimum absolute atomic E-state index is 0.109. The van der Waals surface area contributed by atoms with E-state index in [0.717, 1.165) is 6.07 Å². The van der Waals surface area contributed by atoms with Gasteiger partial charge < -0.3 is 0 Å². The molecule has 3 nitrogen and oxygen atoms in total. The standard InChI is InChI=1S/C10H10ClF4NO2S/c11-4-1-5-19(17,18)16-7-2-3-9(12)8(6-7)10(13,14)15/h2-3,6,16H,1,4-5H2. The fraction of sp³-hybridized carbons (Fsp3) is 0.400. The van der Waals surface area contributed by atoms with Crippen LogP contribution in [0.2, 0.25) is 0 Å². The van der Waals surface area contributed by atoms with Crippen LogP contribution in [0, 0.1) is 5.82 Å². The van der Waals surface area contributed by atoms with Gasteiger partial charge in [-0.15, -0.1) is 11.6 Å². The lowest BCUT2D eigenvalue weighted by Gasteiger charge is -2.11. The van der Waals surface area contributed by atoms with Crippen LogP contribution in [-0.4, -0.2) is 20.1 Å². The molecule has 0 spiro atoms. The first-order valence-electron chi connectivity index (χ1n) is 5.09. The second-order valence-electron chi connectivity index (χ2n) is 3.66. The molecule has 1 aromatic carbocycles. The number of halogens is 5. The van der Waals surface area contributed by atoms with Gasteiger partial charge in [-0.1, -0.05) is 0 Å². The molecule has 0 aliphatic heterocycles. The number of benzene rings is 1. The number of anilines is 1. The van der Waals surface area contributed by atoms with Gasteiger partial charge in [0.25, 0.3) is 0 Å². The third-order valence-electron chi connectivity index (χ3n) is 2.09. The highest BCUT2D eigenvalue weighted by atomic mass is 35.5. The van der Waals surface area contributed by atoms with Crippen molar-refractivity contribution >= 4 is 27.3 Å². The zero-order chi connectivity index (χ0) is 14.7. The lowest BCUT2D eigenvalue weighted by molar-refractivity contribution is -0.139. The molecule has 0 aliphatic carbocycles. The molecule has 0 aromatic heterocycles. The zero-order valence-corrected chi connectivity index (χ0v) is 11.0. The first-order valence-corrected chi connectivity index (χ1v) is 7.27. The number of nitrogens with one attached hydrogen (secondary N) is 1. The summed E-state index contributed by atoms with van der Waals surface area (Å²) in [7, 11) is -3.80. The number of hydrogen-bond donors (Lipinski definition) is 1. The number of rotatable bonds is 5. The summed E-state index contributed by atoms with van der Waals surface area (Å²) in [6, 6.07) is 1.89. The van der Waals surface area contributed by atoms with Gasteiger partial charge in [0, 0.05) is 11.6 Å². The van der Waals surface area contributed by atoms with E-state index in [2.05, 4.69) is 0 Å². The molecule has 0 radical (unpaired) electrons. The predicted molar refractivity (Wildman–Crippen MR) is 64.1 cm³/mol. The summed E-state index contributed by atoms with van der Waals surface area (Å²) >= 11 is 5.33. The Kier molecular flexibility index (Phi) is 5.03. The average molecular weight is 320 g/mol. The van der Waals surface area contributed by atoms with Crippen LogP contribution in [0.3, 0.4) is 0 Å². The summed E-state index contributed by atoms with van der Waals surface area (Å²) in [6.07, 6.45) is -4.73. The summed E-state index contributed by atoms with van der Waals surface area (Å²) in [4.78, 5) is 0. The normalized spacial score (nSPS) is 12.5. The van der Waals surface area contributed by atoms with Crippen molar-refractivity contribution in [3.05, 3.63) is 29.6 Å². The van der Waals surface area contributed by atoms with Gasteiger partial charge in [-0.05, 0) is 24.6 Å². The van der Waals surface area contributed by atoms with Crippen LogP contribution < -0.4 is 4.72 Å². The molecule has 0 saturated carbocycles. The number of hydrogen-bond acceptors (Lipinski definition) is 2. The lowest BCUT2D eigenvalue weighted by Crippen LogP contribution is -2.18. The highest BCUT2D eigenvalue weighted by molar-refractivity contribution is 7.92. The van der Waals surface area contributed by atoms with Gasteiger partial charge in [0.1, 0.15) is 5.82 Å². The van der Waals surface area contributed by atoms with Crippen molar-refractivity contribution < 1.29 is 26.0 Å². The summed E-state index contributed by atoms with van der Waals surface area (Å²) in [5, 5.41) is 0. The summed E-state index contributed by atoms with van der Waals surface area (Å²) in [6.45, 7) is 0. The van der Waals surface area contributed by atoms with Crippen LogP contribution in [0.15, 0.2) is 18.2 Å². The van der Waals surface area contributed by atoms with Crippen molar-refractivity contribution in [2.24, 2.45) is 0 Å². The van der Waals surface area contributed by atoms with Crippen LogP contribution in [0.1, 0.15) is 12.0 Å². The first kappa shape index (κ1) is 16.0. The van der Waals surface area contributed by atoms with Crippen molar-refractivity contribution in [1.82, 2.24) is 0 Å². The zero-order valence-electron chi connectivity index (χ0n) is 9.47. The van der Waals surface area contributed by atoms with E-state index in [1.807, 2.05) is 4.72 Å². The Hall–Kier alpha value is -1.02. The maximum Gasteiger partial charge on any atom is 0.419 e. The van der Waals surface area contributed by atoms with Gasteiger partial charge in [0.15, 0.2) is 0 Å². The molecule has 0 amide bonds. The SMILES string of the molecule is O=S(=O)(CCCCl)Nc1ccc(F)c(C(F)(F)F)c1. The Labute approximate surface area is 112 Å². The second kappa shape index (κ2) is 5.96. The van der Waals surface area contributed by atoms with Crippen molar-refractivity contribution in [1.29, 1.82) is 0 Å². The van der Waals surface area contributed by atoms with Crippen molar-refractivity contribution in [3.63, 3.8) is 0 Å².